The van der Waals surface area contributed by atoms with Crippen molar-refractivity contribution in [2.45, 2.75) is 156 Å². The number of aryl methyl sites for hydroxylation is 2. The number of unbranched alkanes of at least 4 members (excludes halogenated alkanes) is 15. The van der Waals surface area contributed by atoms with Crippen LogP contribution in [0, 0.1) is 0 Å². The smallest absolute Gasteiger partial charge is 0.234 e. The van der Waals surface area contributed by atoms with Gasteiger partial charge in [-0.1, -0.05) is 104 Å². The van der Waals surface area contributed by atoms with Gasteiger partial charge < -0.3 is 0 Å². The highest BCUT2D eigenvalue weighted by Crippen LogP contribution is 2.12. The molecule has 0 radical (unpaired) electrons. The molecule has 0 atom stereocenters. The summed E-state index contributed by atoms with van der Waals surface area (Å²) in [5.41, 5.74) is 0. The van der Waals surface area contributed by atoms with E-state index in [9.17, 15) is 0 Å². The number of hydrogen-bond acceptors (Lipinski definition) is 0. The Labute approximate surface area is 183 Å². The van der Waals surface area contributed by atoms with Crippen molar-refractivity contribution in [3.63, 3.8) is 0 Å². The highest BCUT2D eigenvalue weighted by Gasteiger charge is 2.16. The van der Waals surface area contributed by atoms with Gasteiger partial charge in [0, 0.05) is 6.42 Å². The lowest BCUT2D eigenvalue weighted by Crippen LogP contribution is -2.37. The number of nitrogens with zero attached hydrogens (tertiary/aromatic N) is 2. The Morgan fingerprint density at radius 1 is 0.586 bits per heavy atom. The van der Waals surface area contributed by atoms with Crippen LogP contribution in [-0.2, 0) is 19.5 Å². The molecule has 29 heavy (non-hydrogen) atoms. The van der Waals surface area contributed by atoms with E-state index < -0.39 is 0 Å². The third-order valence-corrected chi connectivity index (χ3v) is 6.35. The van der Waals surface area contributed by atoms with Gasteiger partial charge in [-0.25, -0.2) is 9.13 Å². The van der Waals surface area contributed by atoms with Gasteiger partial charge in [-0.05, 0) is 32.1 Å². The van der Waals surface area contributed by atoms with Crippen LogP contribution in [-0.4, -0.2) is 4.57 Å². The van der Waals surface area contributed by atoms with Crippen molar-refractivity contribution in [3.8, 4) is 0 Å². The Bertz CT molecular complexity index is 426. The Kier molecular flexibility index (Phi) is 17.4. The van der Waals surface area contributed by atoms with Crippen LogP contribution in [0.15, 0.2) is 12.4 Å². The van der Waals surface area contributed by atoms with Crippen molar-refractivity contribution in [2.75, 3.05) is 0 Å². The van der Waals surface area contributed by atoms with E-state index in [1.54, 1.807) is 5.82 Å². The van der Waals surface area contributed by atoms with Crippen LogP contribution in [0.4, 0.5) is 0 Å². The van der Waals surface area contributed by atoms with Crippen LogP contribution >= 0.6 is 0 Å². The van der Waals surface area contributed by atoms with E-state index in [1.165, 1.54) is 135 Å². The van der Waals surface area contributed by atoms with E-state index in [-0.39, 0.29) is 0 Å². The third kappa shape index (κ3) is 13.2. The van der Waals surface area contributed by atoms with Crippen LogP contribution in [0.3, 0.4) is 0 Å². The van der Waals surface area contributed by atoms with Gasteiger partial charge in [-0.2, -0.15) is 0 Å². The average molecular weight is 406 g/mol. The molecule has 1 heterocycles. The number of hydrogen-bond donors (Lipinski definition) is 0. The lowest BCUT2D eigenvalue weighted by atomic mass is 10.1. The van der Waals surface area contributed by atoms with Gasteiger partial charge in [-0.15, -0.1) is 0 Å². The monoisotopic (exact) mass is 405 g/mol. The van der Waals surface area contributed by atoms with Crippen molar-refractivity contribution in [2.24, 2.45) is 0 Å². The average Bonchev–Trinajstić information content (AvgIpc) is 3.12. The number of imidazole rings is 1. The van der Waals surface area contributed by atoms with Gasteiger partial charge >= 0.3 is 0 Å². The van der Waals surface area contributed by atoms with E-state index in [0.29, 0.717) is 0 Å². The van der Waals surface area contributed by atoms with Crippen molar-refractivity contribution >= 4 is 0 Å². The molecule has 0 N–H and O–H groups in total. The fourth-order valence-electron chi connectivity index (χ4n) is 4.36. The zero-order valence-electron chi connectivity index (χ0n) is 20.4. The SMILES string of the molecule is CCCCCCCCCCn1cc[n+](CCCCCCCCCC)c1CCCC. The first-order valence-electron chi connectivity index (χ1n) is 13.4. The summed E-state index contributed by atoms with van der Waals surface area (Å²) >= 11 is 0. The van der Waals surface area contributed by atoms with E-state index >= 15 is 0 Å². The Morgan fingerprint density at radius 2 is 1.07 bits per heavy atom. The summed E-state index contributed by atoms with van der Waals surface area (Å²) in [7, 11) is 0. The summed E-state index contributed by atoms with van der Waals surface area (Å²) < 4.78 is 5.13. The van der Waals surface area contributed by atoms with Crippen LogP contribution in [0.5, 0.6) is 0 Å². The predicted octanol–water partition coefficient (Wildman–Crippen LogP) is 8.40. The Hall–Kier alpha value is -0.790. The number of rotatable bonds is 21. The second-order valence-electron chi connectivity index (χ2n) is 9.15. The molecule has 0 amide bonds. The van der Waals surface area contributed by atoms with Crippen LogP contribution in [0.2, 0.25) is 0 Å². The summed E-state index contributed by atoms with van der Waals surface area (Å²) in [5, 5.41) is 0. The van der Waals surface area contributed by atoms with Crippen LogP contribution < -0.4 is 4.57 Å². The molecule has 2 heteroatoms. The fraction of sp³-hybridized carbons (Fsp3) is 0.889. The molecule has 0 aromatic carbocycles. The highest BCUT2D eigenvalue weighted by molar-refractivity contribution is 4.84. The van der Waals surface area contributed by atoms with E-state index in [0.717, 1.165) is 0 Å². The maximum absolute atomic E-state index is 2.57. The molecular formula is C27H53N2+. The molecule has 0 aliphatic heterocycles. The molecule has 0 aliphatic rings. The molecule has 0 bridgehead atoms. The molecule has 170 valence electrons. The molecular weight excluding hydrogens is 352 g/mol. The topological polar surface area (TPSA) is 8.81 Å². The zero-order chi connectivity index (χ0) is 21.0. The van der Waals surface area contributed by atoms with Crippen molar-refractivity contribution < 1.29 is 4.57 Å². The maximum Gasteiger partial charge on any atom is 0.256 e. The summed E-state index contributed by atoms with van der Waals surface area (Å²) in [5.74, 6) is 1.58. The molecule has 0 fully saturated rings. The molecule has 0 aliphatic carbocycles. The molecule has 2 nitrogen and oxygen atoms in total. The standard InChI is InChI=1S/C27H53N2/c1-4-7-10-12-14-16-18-20-23-28-25-26-29(27(28)22-9-6-3)24-21-19-17-15-13-11-8-5-2/h25-26H,4-24H2,1-3H3/q+1. The minimum Gasteiger partial charge on any atom is -0.234 e. The number of aromatic nitrogens is 2. The van der Waals surface area contributed by atoms with Gasteiger partial charge in [-0.3, -0.25) is 0 Å². The van der Waals surface area contributed by atoms with Gasteiger partial charge in [0.05, 0.1) is 13.1 Å². The molecule has 0 saturated heterocycles. The van der Waals surface area contributed by atoms with Crippen LogP contribution in [0.25, 0.3) is 0 Å². The van der Waals surface area contributed by atoms with E-state index in [1.807, 2.05) is 0 Å². The summed E-state index contributed by atoms with van der Waals surface area (Å²) in [6, 6.07) is 0. The molecule has 0 spiro atoms. The van der Waals surface area contributed by atoms with Gasteiger partial charge in [0.25, 0.3) is 5.82 Å². The minimum atomic E-state index is 1.22. The minimum absolute atomic E-state index is 1.22. The molecule has 0 saturated carbocycles. The maximum atomic E-state index is 2.57. The van der Waals surface area contributed by atoms with Crippen molar-refractivity contribution in [1.29, 1.82) is 0 Å². The van der Waals surface area contributed by atoms with Gasteiger partial charge in [0.15, 0.2) is 0 Å². The van der Waals surface area contributed by atoms with Crippen molar-refractivity contribution in [3.05, 3.63) is 18.2 Å². The second kappa shape index (κ2) is 19.2. The fourth-order valence-corrected chi connectivity index (χ4v) is 4.36. The third-order valence-electron chi connectivity index (χ3n) is 6.35. The van der Waals surface area contributed by atoms with Gasteiger partial charge in [0.1, 0.15) is 12.4 Å². The van der Waals surface area contributed by atoms with Gasteiger partial charge in [0.2, 0.25) is 0 Å². The first-order valence-corrected chi connectivity index (χ1v) is 13.4. The Balaban J connectivity index is 2.27. The summed E-state index contributed by atoms with van der Waals surface area (Å²) in [6.07, 6.45) is 31.1. The quantitative estimate of drug-likeness (QED) is 0.143. The first-order chi connectivity index (χ1) is 14.3. The molecule has 1 rings (SSSR count). The van der Waals surface area contributed by atoms with Crippen molar-refractivity contribution in [1.82, 2.24) is 4.57 Å². The van der Waals surface area contributed by atoms with Crippen LogP contribution in [0.1, 0.15) is 142 Å². The predicted molar refractivity (Wildman–Crippen MR) is 128 cm³/mol. The second-order valence-corrected chi connectivity index (χ2v) is 9.15. The Morgan fingerprint density at radius 3 is 1.62 bits per heavy atom. The first kappa shape index (κ1) is 26.2. The lowest BCUT2D eigenvalue weighted by molar-refractivity contribution is -0.704. The summed E-state index contributed by atoms with van der Waals surface area (Å²) in [4.78, 5) is 0. The summed E-state index contributed by atoms with van der Waals surface area (Å²) in [6.45, 7) is 9.35. The molecule has 0 unspecified atom stereocenters. The largest absolute Gasteiger partial charge is 0.256 e. The molecule has 1 aromatic rings. The lowest BCUT2D eigenvalue weighted by Gasteiger charge is -2.06. The normalized spacial score (nSPS) is 11.4. The van der Waals surface area contributed by atoms with E-state index in [4.69, 9.17) is 0 Å². The molecule has 1 aromatic heterocycles. The zero-order valence-corrected chi connectivity index (χ0v) is 20.4. The van der Waals surface area contributed by atoms with E-state index in [2.05, 4.69) is 42.3 Å². The highest BCUT2D eigenvalue weighted by atomic mass is 15.1.